The van der Waals surface area contributed by atoms with E-state index in [1.54, 1.807) is 30.5 Å². The molecule has 0 radical (unpaired) electrons. The number of hydrogen-bond donors (Lipinski definition) is 2. The number of carboxylic acids is 1. The zero-order valence-corrected chi connectivity index (χ0v) is 18.7. The lowest BCUT2D eigenvalue weighted by atomic mass is 10.0. The monoisotopic (exact) mass is 482 g/mol. The lowest BCUT2D eigenvalue weighted by Gasteiger charge is -2.06. The first-order chi connectivity index (χ1) is 17.5. The highest BCUT2D eigenvalue weighted by atomic mass is 16.5. The molecule has 0 aliphatic heterocycles. The predicted octanol–water partition coefficient (Wildman–Crippen LogP) is 5.43. The first-order valence-electron chi connectivity index (χ1n) is 11.2. The van der Waals surface area contributed by atoms with Gasteiger partial charge in [0.2, 0.25) is 11.5 Å². The summed E-state index contributed by atoms with van der Waals surface area (Å²) in [6, 6.07) is 16.1. The van der Waals surface area contributed by atoms with Crippen molar-refractivity contribution in [2.45, 2.75) is 24.9 Å². The summed E-state index contributed by atoms with van der Waals surface area (Å²) in [5.74, 6) is 5.88. The second kappa shape index (κ2) is 8.36. The minimum atomic E-state index is -0.954. The van der Waals surface area contributed by atoms with Crippen LogP contribution in [-0.2, 0) is 21.6 Å². The number of amides is 1. The van der Waals surface area contributed by atoms with Crippen LogP contribution < -0.4 is 5.32 Å². The summed E-state index contributed by atoms with van der Waals surface area (Å²) in [7, 11) is 0. The molecule has 4 heterocycles. The number of aromatic nitrogens is 1. The molecule has 2 N–H and O–H groups in total. The van der Waals surface area contributed by atoms with Gasteiger partial charge in [0.15, 0.2) is 5.76 Å². The molecule has 1 aliphatic rings. The molecule has 0 bridgehead atoms. The lowest BCUT2D eigenvalue weighted by Crippen LogP contribution is -2.18. The summed E-state index contributed by atoms with van der Waals surface area (Å²) < 4.78 is 22.4. The summed E-state index contributed by atoms with van der Waals surface area (Å²) in [6.45, 7) is 0.109. The Morgan fingerprint density at radius 3 is 2.64 bits per heavy atom. The minimum absolute atomic E-state index is 0.109. The van der Waals surface area contributed by atoms with Gasteiger partial charge in [-0.05, 0) is 48.4 Å². The smallest absolute Gasteiger partial charge is 0.412 e. The number of aliphatic carboxylic acids is 1. The van der Waals surface area contributed by atoms with E-state index in [1.807, 2.05) is 30.3 Å². The van der Waals surface area contributed by atoms with Crippen LogP contribution in [-0.4, -0.2) is 22.2 Å². The zero-order valence-electron chi connectivity index (χ0n) is 18.7. The van der Waals surface area contributed by atoms with Crippen molar-refractivity contribution in [1.29, 1.82) is 0 Å². The predicted molar refractivity (Wildman–Crippen MR) is 127 cm³/mol. The van der Waals surface area contributed by atoms with Gasteiger partial charge < -0.3 is 23.1 Å². The van der Waals surface area contributed by atoms with Crippen molar-refractivity contribution in [3.05, 3.63) is 83.6 Å². The van der Waals surface area contributed by atoms with Gasteiger partial charge >= 0.3 is 12.1 Å². The molecule has 36 heavy (non-hydrogen) atoms. The van der Waals surface area contributed by atoms with Crippen LogP contribution in [0.3, 0.4) is 0 Å². The van der Waals surface area contributed by atoms with Crippen LogP contribution >= 0.6 is 0 Å². The molecule has 9 nitrogen and oxygen atoms in total. The summed E-state index contributed by atoms with van der Waals surface area (Å²) in [4.78, 5) is 28.2. The van der Waals surface area contributed by atoms with E-state index >= 15 is 0 Å². The number of ether oxygens (including phenoxy) is 1. The average Bonchev–Trinajstić information content (AvgIpc) is 3.32. The molecule has 1 aliphatic carbocycles. The van der Waals surface area contributed by atoms with E-state index in [4.69, 9.17) is 18.0 Å². The lowest BCUT2D eigenvalue weighted by molar-refractivity contribution is -0.140. The van der Waals surface area contributed by atoms with E-state index < -0.39 is 17.5 Å². The van der Waals surface area contributed by atoms with Crippen LogP contribution in [0, 0.1) is 11.8 Å². The number of hydrogen-bond acceptors (Lipinski definition) is 7. The molecule has 6 rings (SSSR count). The number of rotatable bonds is 5. The molecular weight excluding hydrogens is 464 g/mol. The van der Waals surface area contributed by atoms with Crippen LogP contribution in [0.15, 0.2) is 74.0 Å². The Bertz CT molecular complexity index is 1650. The third kappa shape index (κ3) is 3.84. The van der Waals surface area contributed by atoms with Gasteiger partial charge in [0.1, 0.15) is 23.5 Å². The van der Waals surface area contributed by atoms with Gasteiger partial charge in [0.25, 0.3) is 5.78 Å². The van der Waals surface area contributed by atoms with Crippen molar-refractivity contribution in [2.24, 2.45) is 0 Å². The van der Waals surface area contributed by atoms with Crippen molar-refractivity contribution in [2.75, 3.05) is 5.32 Å². The van der Waals surface area contributed by atoms with Gasteiger partial charge in [-0.3, -0.25) is 10.1 Å². The second-order valence-corrected chi connectivity index (χ2v) is 8.45. The highest BCUT2D eigenvalue weighted by molar-refractivity contribution is 5.99. The molecule has 1 aromatic carbocycles. The van der Waals surface area contributed by atoms with Crippen molar-refractivity contribution in [3.63, 3.8) is 0 Å². The summed E-state index contributed by atoms with van der Waals surface area (Å²) in [5.41, 5.74) is 0.539. The standard InChI is InChI=1S/C27H18N2O7/c30-25(31)27(10-11-27)21-14-17-13-18(34-24(17)36-21)8-9-20-22(19-7-4-12-28-23(19)35-20)29-26(32)33-15-16-5-2-1-3-6-16/h1-7,12-14H,10-11,15H2,(H,29,32)(H,30,31). The third-order valence-electron chi connectivity index (χ3n) is 6.05. The fourth-order valence-corrected chi connectivity index (χ4v) is 3.95. The van der Waals surface area contributed by atoms with Gasteiger partial charge in [0, 0.05) is 12.3 Å². The van der Waals surface area contributed by atoms with Crippen molar-refractivity contribution in [3.8, 4) is 11.8 Å². The third-order valence-corrected chi connectivity index (χ3v) is 6.05. The van der Waals surface area contributed by atoms with Crippen LogP contribution in [0.5, 0.6) is 0 Å². The fourth-order valence-electron chi connectivity index (χ4n) is 3.95. The Morgan fingerprint density at radius 2 is 1.89 bits per heavy atom. The van der Waals surface area contributed by atoms with Crippen LogP contribution in [0.4, 0.5) is 10.5 Å². The van der Waals surface area contributed by atoms with Crippen molar-refractivity contribution in [1.82, 2.24) is 4.98 Å². The van der Waals surface area contributed by atoms with Gasteiger partial charge in [-0.25, -0.2) is 9.78 Å². The second-order valence-electron chi connectivity index (χ2n) is 8.45. The SMILES string of the molecule is O=C(Nc1c(C#Cc2cc3cc(C4(C(=O)O)CC4)oc3o2)oc2ncccc12)OCc1ccccc1. The Morgan fingerprint density at radius 1 is 1.06 bits per heavy atom. The summed E-state index contributed by atoms with van der Waals surface area (Å²) >= 11 is 0. The van der Waals surface area contributed by atoms with Crippen LogP contribution in [0.1, 0.15) is 35.7 Å². The Balaban J connectivity index is 1.25. The number of carboxylic acid groups (broad SMARTS) is 1. The quantitative estimate of drug-likeness (QED) is 0.317. The maximum Gasteiger partial charge on any atom is 0.412 e. The fraction of sp³-hybridized carbons (Fsp3) is 0.148. The minimum Gasteiger partial charge on any atom is -0.480 e. The number of fused-ring (bicyclic) bond motifs is 2. The number of benzene rings is 1. The molecular formula is C27H18N2O7. The molecule has 1 fully saturated rings. The molecule has 0 spiro atoms. The number of pyridine rings is 1. The van der Waals surface area contributed by atoms with E-state index in [0.717, 1.165) is 5.56 Å². The highest BCUT2D eigenvalue weighted by Gasteiger charge is 2.54. The molecule has 0 atom stereocenters. The largest absolute Gasteiger partial charge is 0.480 e. The van der Waals surface area contributed by atoms with Gasteiger partial charge in [0.05, 0.1) is 10.8 Å². The first-order valence-corrected chi connectivity index (χ1v) is 11.2. The molecule has 4 aromatic heterocycles. The maximum absolute atomic E-state index is 12.5. The van der Waals surface area contributed by atoms with Crippen molar-refractivity contribution < 1.29 is 32.7 Å². The molecule has 1 amide bonds. The van der Waals surface area contributed by atoms with E-state index in [-0.39, 0.29) is 18.1 Å². The molecule has 178 valence electrons. The number of carbonyl (C=O) groups is 2. The molecule has 9 heteroatoms. The number of anilines is 1. The summed E-state index contributed by atoms with van der Waals surface area (Å²) in [6.07, 6.45) is 1.98. The van der Waals surface area contributed by atoms with E-state index in [9.17, 15) is 14.7 Å². The number of furan rings is 3. The van der Waals surface area contributed by atoms with Gasteiger partial charge in [-0.2, -0.15) is 0 Å². The van der Waals surface area contributed by atoms with Gasteiger partial charge in [-0.15, -0.1) is 0 Å². The highest BCUT2D eigenvalue weighted by Crippen LogP contribution is 2.50. The number of carbonyl (C=O) groups excluding carboxylic acids is 1. The maximum atomic E-state index is 12.5. The average molecular weight is 482 g/mol. The Kier molecular flexibility index (Phi) is 5.00. The molecule has 1 saturated carbocycles. The topological polar surface area (TPSA) is 128 Å². The van der Waals surface area contributed by atoms with Gasteiger partial charge in [-0.1, -0.05) is 30.3 Å². The van der Waals surface area contributed by atoms with E-state index in [2.05, 4.69) is 22.1 Å². The van der Waals surface area contributed by atoms with Crippen molar-refractivity contribution >= 4 is 40.0 Å². The van der Waals surface area contributed by atoms with Crippen LogP contribution in [0.2, 0.25) is 0 Å². The van der Waals surface area contributed by atoms with E-state index in [1.165, 1.54) is 0 Å². The number of nitrogens with zero attached hydrogens (tertiary/aromatic N) is 1. The number of nitrogens with one attached hydrogen (secondary N) is 1. The summed E-state index contributed by atoms with van der Waals surface area (Å²) in [5, 5.41) is 13.3. The Hall–Kier alpha value is -4.97. The molecule has 5 aromatic rings. The molecule has 0 unspecified atom stereocenters. The molecule has 0 saturated heterocycles. The Labute approximate surface area is 203 Å². The van der Waals surface area contributed by atoms with E-state index in [0.29, 0.717) is 46.5 Å². The normalized spacial score (nSPS) is 13.8. The zero-order chi connectivity index (χ0) is 24.7. The first kappa shape index (κ1) is 21.6. The van der Waals surface area contributed by atoms with Crippen LogP contribution in [0.25, 0.3) is 22.3 Å².